The van der Waals surface area contributed by atoms with E-state index in [1.165, 1.54) is 0 Å². The van der Waals surface area contributed by atoms with E-state index in [9.17, 15) is 9.70 Å². The number of hydrogen-bond acceptors (Lipinski definition) is 6. The maximum Gasteiger partial charge on any atom is 0.355 e. The van der Waals surface area contributed by atoms with Gasteiger partial charge in [0, 0.05) is 0 Å². The molecule has 0 saturated heterocycles. The van der Waals surface area contributed by atoms with Crippen molar-refractivity contribution in [2.24, 2.45) is 11.1 Å². The molecule has 0 aliphatic heterocycles. The lowest BCUT2D eigenvalue weighted by molar-refractivity contribution is -0.145. The van der Waals surface area contributed by atoms with E-state index in [4.69, 9.17) is 5.73 Å². The first-order valence-corrected chi connectivity index (χ1v) is 4.39. The number of rotatable bonds is 5. The van der Waals surface area contributed by atoms with Crippen molar-refractivity contribution in [3.05, 3.63) is 4.91 Å². The van der Waals surface area contributed by atoms with Crippen molar-refractivity contribution in [3.8, 4) is 0 Å². The molecule has 0 aromatic heterocycles. The average Bonchev–Trinajstić information content (AvgIpc) is 2.00. The predicted octanol–water partition coefficient (Wildman–Crippen LogP) is 0.291. The first-order valence-electron chi connectivity index (χ1n) is 3.00. The SMILES string of the molecule is CSCC[C@H](N)C(=O)ON=O. The van der Waals surface area contributed by atoms with Crippen LogP contribution in [0.5, 0.6) is 0 Å². The van der Waals surface area contributed by atoms with E-state index in [1.807, 2.05) is 11.6 Å². The molecule has 0 spiro atoms. The van der Waals surface area contributed by atoms with Crippen molar-refractivity contribution in [2.45, 2.75) is 12.5 Å². The van der Waals surface area contributed by atoms with E-state index >= 15 is 0 Å². The number of carbonyl (C=O) groups excluding carboxylic acids is 1. The largest absolute Gasteiger partial charge is 0.355 e. The van der Waals surface area contributed by atoms with Gasteiger partial charge in [-0.25, -0.2) is 4.79 Å². The Labute approximate surface area is 68.6 Å². The summed E-state index contributed by atoms with van der Waals surface area (Å²) in [5.41, 5.74) is 5.30. The second-order valence-corrected chi connectivity index (χ2v) is 2.86. The van der Waals surface area contributed by atoms with Gasteiger partial charge in [-0.3, -0.25) is 4.84 Å². The summed E-state index contributed by atoms with van der Waals surface area (Å²) in [7, 11) is 0. The minimum atomic E-state index is -0.769. The first-order chi connectivity index (χ1) is 5.22. The van der Waals surface area contributed by atoms with Crippen molar-refractivity contribution < 1.29 is 9.63 Å². The monoisotopic (exact) mass is 178 g/mol. The molecule has 6 heteroatoms. The van der Waals surface area contributed by atoms with Gasteiger partial charge in [-0.15, -0.1) is 4.91 Å². The molecule has 1 atom stereocenters. The maximum absolute atomic E-state index is 10.6. The molecule has 0 fully saturated rings. The zero-order chi connectivity index (χ0) is 8.69. The zero-order valence-electron chi connectivity index (χ0n) is 6.15. The summed E-state index contributed by atoms with van der Waals surface area (Å²) >= 11 is 1.57. The summed E-state index contributed by atoms with van der Waals surface area (Å²) < 4.78 is 0. The van der Waals surface area contributed by atoms with Gasteiger partial charge in [-0.05, 0) is 18.4 Å². The van der Waals surface area contributed by atoms with Gasteiger partial charge in [0.05, 0.1) is 0 Å². The van der Waals surface area contributed by atoms with E-state index in [1.54, 1.807) is 11.8 Å². The molecule has 0 aliphatic rings. The van der Waals surface area contributed by atoms with E-state index in [0.717, 1.165) is 5.75 Å². The summed E-state index contributed by atoms with van der Waals surface area (Å²) in [6.07, 6.45) is 2.39. The molecule has 0 aromatic rings. The molecule has 0 amide bonds. The smallest absolute Gasteiger partial charge is 0.318 e. The van der Waals surface area contributed by atoms with Crippen LogP contribution < -0.4 is 5.73 Å². The van der Waals surface area contributed by atoms with Crippen molar-refractivity contribution in [2.75, 3.05) is 12.0 Å². The molecule has 0 bridgehead atoms. The van der Waals surface area contributed by atoms with Crippen LogP contribution in [0.2, 0.25) is 0 Å². The number of hydrogen-bond donors (Lipinski definition) is 1. The second kappa shape index (κ2) is 6.11. The average molecular weight is 178 g/mol. The Balaban J connectivity index is 3.54. The summed E-state index contributed by atoms with van der Waals surface area (Å²) in [6.45, 7) is 0. The van der Waals surface area contributed by atoms with Gasteiger partial charge >= 0.3 is 5.97 Å². The molecule has 0 unspecified atom stereocenters. The first kappa shape index (κ1) is 10.4. The van der Waals surface area contributed by atoms with Crippen LogP contribution in [0.3, 0.4) is 0 Å². The normalized spacial score (nSPS) is 12.2. The van der Waals surface area contributed by atoms with Crippen LogP contribution in [0.1, 0.15) is 6.42 Å². The fraction of sp³-hybridized carbons (Fsp3) is 0.800. The van der Waals surface area contributed by atoms with Gasteiger partial charge in [0.2, 0.25) is 0 Å². The van der Waals surface area contributed by atoms with Crippen LogP contribution in [0, 0.1) is 4.91 Å². The van der Waals surface area contributed by atoms with Crippen LogP contribution in [0.15, 0.2) is 5.34 Å². The molecule has 0 aromatic carbocycles. The minimum Gasteiger partial charge on any atom is -0.318 e. The highest BCUT2D eigenvalue weighted by atomic mass is 32.2. The van der Waals surface area contributed by atoms with Crippen molar-refractivity contribution in [1.29, 1.82) is 0 Å². The summed E-state index contributed by atoms with van der Waals surface area (Å²) in [6, 6.07) is -0.736. The van der Waals surface area contributed by atoms with Crippen molar-refractivity contribution in [1.82, 2.24) is 0 Å². The standard InChI is InChI=1S/C5H10N2O3S/c1-11-3-2-4(6)5(8)10-7-9/h4H,2-3,6H2,1H3/t4-/m0/s1. The van der Waals surface area contributed by atoms with Crippen LogP contribution >= 0.6 is 11.8 Å². The van der Waals surface area contributed by atoms with Crippen LogP contribution in [0.25, 0.3) is 0 Å². The third-order valence-electron chi connectivity index (χ3n) is 1.06. The minimum absolute atomic E-state index is 0.496. The number of nitrogens with zero attached hydrogens (tertiary/aromatic N) is 1. The molecular weight excluding hydrogens is 168 g/mol. The van der Waals surface area contributed by atoms with Crippen molar-refractivity contribution >= 4 is 17.7 Å². The van der Waals surface area contributed by atoms with Crippen LogP contribution in [-0.2, 0) is 9.63 Å². The van der Waals surface area contributed by atoms with E-state index in [2.05, 4.69) is 4.84 Å². The third-order valence-corrected chi connectivity index (χ3v) is 1.71. The molecule has 0 radical (unpaired) electrons. The third kappa shape index (κ3) is 4.74. The quantitative estimate of drug-likeness (QED) is 0.483. The highest BCUT2D eigenvalue weighted by Crippen LogP contribution is 1.99. The second-order valence-electron chi connectivity index (χ2n) is 1.87. The Bertz CT molecular complexity index is 142. The zero-order valence-corrected chi connectivity index (χ0v) is 6.97. The summed E-state index contributed by atoms with van der Waals surface area (Å²) in [5, 5.41) is 1.98. The lowest BCUT2D eigenvalue weighted by atomic mass is 10.2. The van der Waals surface area contributed by atoms with Gasteiger partial charge in [0.15, 0.2) is 5.34 Å². The number of carbonyl (C=O) groups is 1. The lowest BCUT2D eigenvalue weighted by Gasteiger charge is -2.04. The Kier molecular flexibility index (Phi) is 5.77. The predicted molar refractivity (Wildman–Crippen MR) is 42.9 cm³/mol. The van der Waals surface area contributed by atoms with E-state index in [-0.39, 0.29) is 0 Å². The number of thioether (sulfide) groups is 1. The highest BCUT2D eigenvalue weighted by Gasteiger charge is 2.14. The van der Waals surface area contributed by atoms with Crippen LogP contribution in [0.4, 0.5) is 0 Å². The maximum atomic E-state index is 10.6. The molecule has 0 heterocycles. The van der Waals surface area contributed by atoms with E-state index < -0.39 is 12.0 Å². The Morgan fingerprint density at radius 3 is 2.91 bits per heavy atom. The molecule has 0 rings (SSSR count). The molecule has 0 aliphatic carbocycles. The molecular formula is C5H10N2O3S. The Morgan fingerprint density at radius 1 is 1.82 bits per heavy atom. The lowest BCUT2D eigenvalue weighted by Crippen LogP contribution is -2.31. The molecule has 0 saturated carbocycles. The van der Waals surface area contributed by atoms with Crippen LogP contribution in [-0.4, -0.2) is 24.0 Å². The molecule has 2 N–H and O–H groups in total. The van der Waals surface area contributed by atoms with Crippen molar-refractivity contribution in [3.63, 3.8) is 0 Å². The molecule has 5 nitrogen and oxygen atoms in total. The van der Waals surface area contributed by atoms with E-state index in [0.29, 0.717) is 6.42 Å². The Hall–Kier alpha value is -0.620. The van der Waals surface area contributed by atoms with Gasteiger partial charge in [-0.2, -0.15) is 11.8 Å². The van der Waals surface area contributed by atoms with Gasteiger partial charge in [-0.1, -0.05) is 0 Å². The fourth-order valence-corrected chi connectivity index (χ4v) is 0.957. The van der Waals surface area contributed by atoms with Gasteiger partial charge in [0.25, 0.3) is 0 Å². The summed E-state index contributed by atoms with van der Waals surface area (Å²) in [5.74, 6) is -0.0103. The fourth-order valence-electron chi connectivity index (χ4n) is 0.467. The number of nitrogens with two attached hydrogens (primary N) is 1. The van der Waals surface area contributed by atoms with Gasteiger partial charge in [0.1, 0.15) is 6.04 Å². The molecule has 11 heavy (non-hydrogen) atoms. The summed E-state index contributed by atoms with van der Waals surface area (Å²) in [4.78, 5) is 23.8. The van der Waals surface area contributed by atoms with Gasteiger partial charge < -0.3 is 5.73 Å². The highest BCUT2D eigenvalue weighted by molar-refractivity contribution is 7.98. The topological polar surface area (TPSA) is 81.8 Å². The Morgan fingerprint density at radius 2 is 2.45 bits per heavy atom. The molecule has 64 valence electrons.